The minimum atomic E-state index is -1.71. The number of fused-ring (bicyclic) bond motifs is 1. The van der Waals surface area contributed by atoms with Crippen LogP contribution >= 0.6 is 0 Å². The molecule has 4 aromatic rings. The first-order valence-electron chi connectivity index (χ1n) is 12.8. The van der Waals surface area contributed by atoms with Crippen LogP contribution in [0.25, 0.3) is 10.8 Å². The van der Waals surface area contributed by atoms with Crippen LogP contribution in [0.1, 0.15) is 34.8 Å². The normalized spacial score (nSPS) is 19.1. The highest BCUT2D eigenvalue weighted by molar-refractivity contribution is 6.27. The van der Waals surface area contributed by atoms with Gasteiger partial charge in [0.1, 0.15) is 0 Å². The summed E-state index contributed by atoms with van der Waals surface area (Å²) in [4.78, 5) is 30.5. The van der Waals surface area contributed by atoms with Gasteiger partial charge in [0.25, 0.3) is 11.8 Å². The van der Waals surface area contributed by atoms with Crippen LogP contribution in [0.3, 0.4) is 0 Å². The number of benzene rings is 4. The lowest BCUT2D eigenvalue weighted by Gasteiger charge is -2.28. The Kier molecular flexibility index (Phi) is 5.86. The van der Waals surface area contributed by atoms with Crippen molar-refractivity contribution >= 4 is 39.6 Å². The predicted octanol–water partition coefficient (Wildman–Crippen LogP) is 5.44. The van der Waals surface area contributed by atoms with E-state index in [1.807, 2.05) is 85.8 Å². The molecule has 0 bridgehead atoms. The Labute approximate surface area is 221 Å². The van der Waals surface area contributed by atoms with Crippen molar-refractivity contribution in [2.24, 2.45) is 5.92 Å². The number of carbonyl (C=O) groups excluding carboxylic acids is 2. The van der Waals surface area contributed by atoms with Gasteiger partial charge in [0.05, 0.1) is 23.5 Å². The second-order valence-corrected chi connectivity index (χ2v) is 9.90. The summed E-state index contributed by atoms with van der Waals surface area (Å²) in [5, 5.41) is 22.8. The summed E-state index contributed by atoms with van der Waals surface area (Å²) < 4.78 is 0. The molecular formula is C32H28N2O4. The Balaban J connectivity index is 1.34. The van der Waals surface area contributed by atoms with Gasteiger partial charge in [-0.3, -0.25) is 14.5 Å². The molecule has 2 N–H and O–H groups in total. The summed E-state index contributed by atoms with van der Waals surface area (Å²) in [6.07, 6.45) is 4.03. The molecule has 0 aromatic heterocycles. The van der Waals surface area contributed by atoms with Gasteiger partial charge in [0, 0.05) is 29.2 Å². The summed E-state index contributed by atoms with van der Waals surface area (Å²) in [6.45, 7) is 2.07. The zero-order chi connectivity index (χ0) is 26.4. The van der Waals surface area contributed by atoms with E-state index in [1.165, 1.54) is 0 Å². The van der Waals surface area contributed by atoms with Crippen molar-refractivity contribution in [2.45, 2.75) is 25.5 Å². The number of hydrogen-bond acceptors (Lipinski definition) is 4. The number of aliphatic hydroxyl groups is 2. The molecule has 2 aliphatic heterocycles. The molecule has 2 atom stereocenters. The first kappa shape index (κ1) is 24.1. The van der Waals surface area contributed by atoms with E-state index < -0.39 is 11.5 Å². The third kappa shape index (κ3) is 3.56. The van der Waals surface area contributed by atoms with Gasteiger partial charge in [-0.25, -0.2) is 0 Å². The lowest BCUT2D eigenvalue weighted by Crippen LogP contribution is -2.44. The fourth-order valence-corrected chi connectivity index (χ4v) is 5.72. The maximum absolute atomic E-state index is 13.8. The van der Waals surface area contributed by atoms with Crippen LogP contribution in [0.2, 0.25) is 0 Å². The lowest BCUT2D eigenvalue weighted by atomic mass is 9.83. The molecule has 4 aromatic carbocycles. The van der Waals surface area contributed by atoms with Gasteiger partial charge in [-0.15, -0.1) is 0 Å². The Morgan fingerprint density at radius 2 is 1.66 bits per heavy atom. The second-order valence-electron chi connectivity index (χ2n) is 9.90. The van der Waals surface area contributed by atoms with Crippen molar-refractivity contribution in [3.63, 3.8) is 0 Å². The highest BCUT2D eigenvalue weighted by Crippen LogP contribution is 2.46. The SMILES string of the molecule is C[C@@H](/C=C/CCO)[C@]1(O)C(=O)N(Cc2cccc(N3C(=O)c4cccc5cccc3c45)c2)c2ccccc21. The molecule has 0 fully saturated rings. The molecule has 0 unspecified atom stereocenters. The van der Waals surface area contributed by atoms with Crippen LogP contribution in [0, 0.1) is 5.92 Å². The summed E-state index contributed by atoms with van der Waals surface area (Å²) >= 11 is 0. The van der Waals surface area contributed by atoms with Crippen molar-refractivity contribution in [1.82, 2.24) is 0 Å². The molecule has 6 rings (SSSR count). The maximum Gasteiger partial charge on any atom is 0.264 e. The molecule has 0 saturated carbocycles. The summed E-state index contributed by atoms with van der Waals surface area (Å²) in [6, 6.07) is 26.6. The van der Waals surface area contributed by atoms with Crippen molar-refractivity contribution in [2.75, 3.05) is 16.4 Å². The van der Waals surface area contributed by atoms with Crippen LogP contribution in [-0.2, 0) is 16.9 Å². The number of carbonyl (C=O) groups is 2. The molecule has 190 valence electrons. The molecule has 0 aliphatic carbocycles. The van der Waals surface area contributed by atoms with Gasteiger partial charge in [0.2, 0.25) is 0 Å². The number of para-hydroxylation sites is 1. The average molecular weight is 505 g/mol. The molecule has 0 spiro atoms. The second kappa shape index (κ2) is 9.24. The number of amides is 2. The third-order valence-electron chi connectivity index (χ3n) is 7.62. The van der Waals surface area contributed by atoms with Crippen LogP contribution in [0.5, 0.6) is 0 Å². The van der Waals surface area contributed by atoms with Gasteiger partial charge < -0.3 is 15.1 Å². The maximum atomic E-state index is 13.8. The van der Waals surface area contributed by atoms with E-state index in [0.29, 0.717) is 23.2 Å². The van der Waals surface area contributed by atoms with E-state index in [-0.39, 0.29) is 25.0 Å². The zero-order valence-corrected chi connectivity index (χ0v) is 21.0. The van der Waals surface area contributed by atoms with E-state index in [0.717, 1.165) is 27.7 Å². The number of rotatable bonds is 7. The zero-order valence-electron chi connectivity index (χ0n) is 21.0. The van der Waals surface area contributed by atoms with Crippen molar-refractivity contribution in [3.8, 4) is 0 Å². The topological polar surface area (TPSA) is 81.1 Å². The van der Waals surface area contributed by atoms with E-state index in [9.17, 15) is 14.7 Å². The minimum Gasteiger partial charge on any atom is -0.396 e. The summed E-state index contributed by atoms with van der Waals surface area (Å²) in [5.74, 6) is -0.950. The Morgan fingerprint density at radius 1 is 0.921 bits per heavy atom. The molecule has 6 heteroatoms. The summed E-state index contributed by atoms with van der Waals surface area (Å²) in [5.41, 5.74) is 2.63. The fraction of sp³-hybridized carbons (Fsp3) is 0.188. The van der Waals surface area contributed by atoms with E-state index in [4.69, 9.17) is 5.11 Å². The minimum absolute atomic E-state index is 0.00769. The van der Waals surface area contributed by atoms with E-state index in [1.54, 1.807) is 28.0 Å². The number of anilines is 3. The first-order valence-corrected chi connectivity index (χ1v) is 12.8. The van der Waals surface area contributed by atoms with E-state index in [2.05, 4.69) is 0 Å². The van der Waals surface area contributed by atoms with Crippen LogP contribution < -0.4 is 9.80 Å². The van der Waals surface area contributed by atoms with Crippen molar-refractivity contribution < 1.29 is 19.8 Å². The lowest BCUT2D eigenvalue weighted by molar-refractivity contribution is -0.139. The van der Waals surface area contributed by atoms with E-state index >= 15 is 0 Å². The predicted molar refractivity (Wildman–Crippen MR) is 148 cm³/mol. The third-order valence-corrected chi connectivity index (χ3v) is 7.62. The van der Waals surface area contributed by atoms with Crippen molar-refractivity contribution in [1.29, 1.82) is 0 Å². The van der Waals surface area contributed by atoms with Crippen molar-refractivity contribution in [3.05, 3.63) is 114 Å². The molecule has 2 heterocycles. The highest BCUT2D eigenvalue weighted by Gasteiger charge is 2.52. The fourth-order valence-electron chi connectivity index (χ4n) is 5.72. The molecule has 2 aliphatic rings. The first-order chi connectivity index (χ1) is 18.4. The Morgan fingerprint density at radius 3 is 2.47 bits per heavy atom. The number of aliphatic hydroxyl groups excluding tert-OH is 1. The molecule has 0 radical (unpaired) electrons. The molecule has 6 nitrogen and oxygen atoms in total. The van der Waals surface area contributed by atoms with Gasteiger partial charge in [-0.2, -0.15) is 0 Å². The van der Waals surface area contributed by atoms with Gasteiger partial charge in [-0.05, 0) is 47.7 Å². The number of hydrogen-bond donors (Lipinski definition) is 2. The Bertz CT molecular complexity index is 1610. The monoisotopic (exact) mass is 504 g/mol. The van der Waals surface area contributed by atoms with Crippen LogP contribution in [0.4, 0.5) is 17.1 Å². The van der Waals surface area contributed by atoms with Gasteiger partial charge in [-0.1, -0.05) is 73.7 Å². The van der Waals surface area contributed by atoms with Crippen LogP contribution in [0.15, 0.2) is 97.1 Å². The Hall–Kier alpha value is -4.26. The van der Waals surface area contributed by atoms with Gasteiger partial charge in [0.15, 0.2) is 5.60 Å². The molecule has 2 amide bonds. The number of nitrogens with zero attached hydrogens (tertiary/aromatic N) is 2. The molecule has 38 heavy (non-hydrogen) atoms. The van der Waals surface area contributed by atoms with Crippen LogP contribution in [-0.4, -0.2) is 28.6 Å². The summed E-state index contributed by atoms with van der Waals surface area (Å²) in [7, 11) is 0. The smallest absolute Gasteiger partial charge is 0.264 e. The largest absolute Gasteiger partial charge is 0.396 e. The standard InChI is InChI=1S/C32H28N2O4/c1-21(9-4-5-18-35)32(38)26-15-2-3-16-27(26)33(31(32)37)20-22-10-6-13-24(19-22)34-28-17-8-12-23-11-7-14-25(29(23)28)30(34)36/h2-4,6-17,19,21,35,38H,5,18,20H2,1H3/b9-4+/t21-,32+/m0/s1. The highest BCUT2D eigenvalue weighted by atomic mass is 16.3. The quantitative estimate of drug-likeness (QED) is 0.329. The average Bonchev–Trinajstić information content (AvgIpc) is 3.35. The molecule has 0 saturated heterocycles. The van der Waals surface area contributed by atoms with Gasteiger partial charge >= 0.3 is 0 Å². The molecular weight excluding hydrogens is 476 g/mol.